The van der Waals surface area contributed by atoms with Crippen molar-refractivity contribution in [3.05, 3.63) is 59.4 Å². The fourth-order valence-corrected chi connectivity index (χ4v) is 5.50. The lowest BCUT2D eigenvalue weighted by atomic mass is 9.88. The molecule has 3 nitrogen and oxygen atoms in total. The summed E-state index contributed by atoms with van der Waals surface area (Å²) in [6, 6.07) is 13.2. The molecule has 1 saturated carbocycles. The van der Waals surface area contributed by atoms with E-state index in [0.29, 0.717) is 5.92 Å². The molecule has 1 aromatic heterocycles. The van der Waals surface area contributed by atoms with Gasteiger partial charge >= 0.3 is 0 Å². The van der Waals surface area contributed by atoms with Gasteiger partial charge in [0, 0.05) is 5.56 Å². The van der Waals surface area contributed by atoms with E-state index in [2.05, 4.69) is 61.9 Å². The molecule has 0 saturated heterocycles. The Morgan fingerprint density at radius 2 is 1.72 bits per heavy atom. The van der Waals surface area contributed by atoms with Crippen molar-refractivity contribution in [2.45, 2.75) is 45.4 Å². The van der Waals surface area contributed by atoms with Gasteiger partial charge in [0.15, 0.2) is 11.2 Å². The Balaban J connectivity index is 1.72. The summed E-state index contributed by atoms with van der Waals surface area (Å²) in [6.45, 7) is 4.40. The van der Waals surface area contributed by atoms with Crippen LogP contribution in [0.1, 0.15) is 48.3 Å². The smallest absolute Gasteiger partial charge is 0.287 e. The van der Waals surface area contributed by atoms with E-state index in [0.717, 1.165) is 22.4 Å². The van der Waals surface area contributed by atoms with Gasteiger partial charge in [0.05, 0.1) is 12.6 Å². The minimum absolute atomic E-state index is 0.638. The van der Waals surface area contributed by atoms with Crippen LogP contribution < -0.4 is 9.30 Å². The van der Waals surface area contributed by atoms with Crippen molar-refractivity contribution in [3.8, 4) is 22.8 Å². The van der Waals surface area contributed by atoms with Gasteiger partial charge in [-0.1, -0.05) is 37.1 Å². The highest BCUT2D eigenvalue weighted by molar-refractivity contribution is 6.05. The number of fused-ring (bicyclic) bond motifs is 3. The van der Waals surface area contributed by atoms with Crippen molar-refractivity contribution in [2.75, 3.05) is 0 Å². The molecule has 1 aliphatic heterocycles. The highest BCUT2D eigenvalue weighted by Crippen LogP contribution is 2.51. The number of aryl methyl sites for hydroxylation is 3. The molecule has 0 unspecified atom stereocenters. The maximum Gasteiger partial charge on any atom is 0.287 e. The molecule has 2 heterocycles. The molecule has 144 valence electrons. The van der Waals surface area contributed by atoms with Crippen LogP contribution >= 0.6 is 0 Å². The number of hydrogen-bond acceptors (Lipinski definition) is 2. The molecular weight excluding hydrogens is 356 g/mol. The van der Waals surface area contributed by atoms with Gasteiger partial charge in [0.2, 0.25) is 0 Å². The first-order valence-electron chi connectivity index (χ1n) is 10.7. The zero-order valence-electron chi connectivity index (χ0n) is 17.2. The third-order valence-corrected chi connectivity index (χ3v) is 7.02. The molecule has 0 spiro atoms. The first-order chi connectivity index (χ1) is 14.1. The van der Waals surface area contributed by atoms with Crippen molar-refractivity contribution in [1.29, 1.82) is 0 Å². The summed E-state index contributed by atoms with van der Waals surface area (Å²) in [6.07, 6.45) is 7.16. The number of hydrogen-bond donors (Lipinski definition) is 0. The highest BCUT2D eigenvalue weighted by atomic mass is 16.5. The Kier molecular flexibility index (Phi) is 3.53. The number of nitrogens with zero attached hydrogens (tertiary/aromatic N) is 2. The minimum atomic E-state index is 0.638. The number of rotatable bonds is 1. The van der Waals surface area contributed by atoms with E-state index in [1.807, 2.05) is 6.33 Å². The molecule has 0 bridgehead atoms. The van der Waals surface area contributed by atoms with Crippen LogP contribution in [0.5, 0.6) is 11.5 Å². The molecule has 1 fully saturated rings. The lowest BCUT2D eigenvalue weighted by molar-refractivity contribution is -0.662. The first-order valence-corrected chi connectivity index (χ1v) is 10.7. The Bertz CT molecular complexity index is 1320. The number of aromatic nitrogens is 2. The predicted molar refractivity (Wildman–Crippen MR) is 117 cm³/mol. The van der Waals surface area contributed by atoms with Crippen LogP contribution in [0.2, 0.25) is 0 Å². The van der Waals surface area contributed by atoms with Gasteiger partial charge in [-0.3, -0.25) is 0 Å². The lowest BCUT2D eigenvalue weighted by Gasteiger charge is -2.25. The van der Waals surface area contributed by atoms with Gasteiger partial charge in [-0.15, -0.1) is 0 Å². The summed E-state index contributed by atoms with van der Waals surface area (Å²) in [7, 11) is 2.09. The second-order valence-corrected chi connectivity index (χ2v) is 8.70. The van der Waals surface area contributed by atoms with E-state index in [-0.39, 0.29) is 0 Å². The Hall–Kier alpha value is -2.94. The highest BCUT2D eigenvalue weighted by Gasteiger charge is 2.32. The fourth-order valence-electron chi connectivity index (χ4n) is 5.50. The van der Waals surface area contributed by atoms with E-state index in [1.54, 1.807) is 0 Å². The van der Waals surface area contributed by atoms with Crippen LogP contribution in [0.15, 0.2) is 42.7 Å². The Morgan fingerprint density at radius 1 is 1.00 bits per heavy atom. The summed E-state index contributed by atoms with van der Waals surface area (Å²) >= 11 is 0. The zero-order valence-corrected chi connectivity index (χ0v) is 17.2. The maximum absolute atomic E-state index is 6.67. The van der Waals surface area contributed by atoms with Crippen LogP contribution in [-0.4, -0.2) is 4.98 Å². The van der Waals surface area contributed by atoms with E-state index in [4.69, 9.17) is 9.72 Å². The predicted octanol–water partition coefficient (Wildman–Crippen LogP) is 6.26. The van der Waals surface area contributed by atoms with E-state index < -0.39 is 0 Å². The fraction of sp³-hybridized carbons (Fsp3) is 0.308. The molecule has 3 heteroatoms. The number of benzene rings is 3. The van der Waals surface area contributed by atoms with Crippen molar-refractivity contribution >= 4 is 21.7 Å². The molecule has 6 rings (SSSR count). The second kappa shape index (κ2) is 6.03. The first kappa shape index (κ1) is 17.0. The average molecular weight is 381 g/mol. The van der Waals surface area contributed by atoms with Crippen molar-refractivity contribution in [2.24, 2.45) is 7.05 Å². The SMILES string of the molecule is Cc1c2c(c(C)c3ccccc13)-c1c3c(cc(C4CCCC4)cc3nc[n+]1C)O2. The molecule has 1 aliphatic carbocycles. The number of ether oxygens (including phenoxy) is 1. The molecule has 0 radical (unpaired) electrons. The normalized spacial score (nSPS) is 15.7. The molecule has 2 aliphatic rings. The standard InChI is InChI=1S/C26H25N2O/c1-15-19-10-6-7-11-20(19)16(2)26-23(15)25-24-21(27-14-28(25)3)12-18(13-22(24)29-26)17-8-4-5-9-17/h6-7,10-14,17H,4-5,8-9H2,1-3H3/q+1. The van der Waals surface area contributed by atoms with Crippen LogP contribution in [0, 0.1) is 13.8 Å². The summed E-state index contributed by atoms with van der Waals surface area (Å²) in [5.74, 6) is 2.60. The summed E-state index contributed by atoms with van der Waals surface area (Å²) in [5.41, 5.74) is 7.34. The average Bonchev–Trinajstić information content (AvgIpc) is 3.28. The maximum atomic E-state index is 6.67. The molecular formula is C26H25N2O+. The van der Waals surface area contributed by atoms with Gasteiger partial charge in [-0.25, -0.2) is 4.57 Å². The third-order valence-electron chi connectivity index (χ3n) is 7.02. The quantitative estimate of drug-likeness (QED) is 0.320. The van der Waals surface area contributed by atoms with Crippen molar-refractivity contribution in [3.63, 3.8) is 0 Å². The zero-order chi connectivity index (χ0) is 19.7. The van der Waals surface area contributed by atoms with Crippen LogP contribution in [-0.2, 0) is 7.05 Å². The topological polar surface area (TPSA) is 26.0 Å². The Labute approximate surface area is 171 Å². The molecule has 0 amide bonds. The molecule has 0 atom stereocenters. The molecule has 29 heavy (non-hydrogen) atoms. The molecule has 3 aromatic carbocycles. The van der Waals surface area contributed by atoms with E-state index in [9.17, 15) is 0 Å². The van der Waals surface area contributed by atoms with Crippen LogP contribution in [0.4, 0.5) is 0 Å². The van der Waals surface area contributed by atoms with Gasteiger partial charge < -0.3 is 4.74 Å². The van der Waals surface area contributed by atoms with Gasteiger partial charge in [-0.2, -0.15) is 0 Å². The van der Waals surface area contributed by atoms with E-state index in [1.165, 1.54) is 64.4 Å². The monoisotopic (exact) mass is 381 g/mol. The molecule has 0 N–H and O–H groups in total. The van der Waals surface area contributed by atoms with E-state index >= 15 is 0 Å². The van der Waals surface area contributed by atoms with Gasteiger partial charge in [-0.05, 0) is 71.6 Å². The summed E-state index contributed by atoms with van der Waals surface area (Å²) < 4.78 is 8.83. The summed E-state index contributed by atoms with van der Waals surface area (Å²) in [4.78, 5) is 4.79. The Morgan fingerprint density at radius 3 is 2.48 bits per heavy atom. The minimum Gasteiger partial charge on any atom is -0.455 e. The van der Waals surface area contributed by atoms with Crippen LogP contribution in [0.3, 0.4) is 0 Å². The van der Waals surface area contributed by atoms with Gasteiger partial charge in [0.25, 0.3) is 6.33 Å². The lowest BCUT2D eigenvalue weighted by Crippen LogP contribution is -2.33. The van der Waals surface area contributed by atoms with Crippen molar-refractivity contribution in [1.82, 2.24) is 4.98 Å². The van der Waals surface area contributed by atoms with Gasteiger partial charge in [0.1, 0.15) is 16.9 Å². The van der Waals surface area contributed by atoms with Crippen LogP contribution in [0.25, 0.3) is 32.9 Å². The molecule has 4 aromatic rings. The second-order valence-electron chi connectivity index (χ2n) is 8.70. The van der Waals surface area contributed by atoms with Crippen molar-refractivity contribution < 1.29 is 9.30 Å². The largest absolute Gasteiger partial charge is 0.455 e. The summed E-state index contributed by atoms with van der Waals surface area (Å²) in [5, 5.41) is 3.71. The third kappa shape index (κ3) is 2.30.